The topological polar surface area (TPSA) is 58.6 Å². The Morgan fingerprint density at radius 2 is 1.72 bits per heavy atom. The van der Waals surface area contributed by atoms with Crippen LogP contribution in [-0.4, -0.2) is 37.4 Å². The first-order chi connectivity index (χ1) is 11.8. The van der Waals surface area contributed by atoms with Gasteiger partial charge in [0.25, 0.3) is 11.8 Å². The van der Waals surface area contributed by atoms with Crippen LogP contribution in [0.3, 0.4) is 0 Å². The van der Waals surface area contributed by atoms with E-state index in [4.69, 9.17) is 39.5 Å². The molecular weight excluding hydrogens is 387 g/mol. The predicted octanol–water partition coefficient (Wildman–Crippen LogP) is 4.37. The van der Waals surface area contributed by atoms with Gasteiger partial charge in [0.05, 0.1) is 15.1 Å². The summed E-state index contributed by atoms with van der Waals surface area (Å²) < 4.78 is 5.36. The standard InChI is InChI=1S/C17H15Cl3N2O3/c1-22(2)17(24)10-4-3-5-11(6-10)21-16(23)9-25-15-8-13(19)12(18)7-14(15)20/h3-8H,9H2,1-2H3,(H,21,23). The highest BCUT2D eigenvalue weighted by Crippen LogP contribution is 2.33. The van der Waals surface area contributed by atoms with Crippen molar-refractivity contribution >= 4 is 52.3 Å². The third kappa shape index (κ3) is 5.26. The molecule has 0 unspecified atom stereocenters. The van der Waals surface area contributed by atoms with Crippen LogP contribution in [0.4, 0.5) is 5.69 Å². The fraction of sp³-hybridized carbons (Fsp3) is 0.176. The molecule has 0 aliphatic rings. The Labute approximate surface area is 160 Å². The van der Waals surface area contributed by atoms with Gasteiger partial charge in [-0.15, -0.1) is 0 Å². The van der Waals surface area contributed by atoms with Crippen molar-refractivity contribution in [1.82, 2.24) is 4.90 Å². The molecule has 0 heterocycles. The molecule has 0 aliphatic carbocycles. The zero-order valence-corrected chi connectivity index (χ0v) is 15.7. The number of hydrogen-bond acceptors (Lipinski definition) is 3. The average molecular weight is 402 g/mol. The average Bonchev–Trinajstić information content (AvgIpc) is 2.56. The summed E-state index contributed by atoms with van der Waals surface area (Å²) in [6.07, 6.45) is 0. The molecule has 5 nitrogen and oxygen atoms in total. The summed E-state index contributed by atoms with van der Waals surface area (Å²) in [5, 5.41) is 3.48. The number of anilines is 1. The third-order valence-corrected chi connectivity index (χ3v) is 4.15. The van der Waals surface area contributed by atoms with Crippen LogP contribution in [0.1, 0.15) is 10.4 Å². The zero-order valence-electron chi connectivity index (χ0n) is 13.5. The Bertz CT molecular complexity index is 810. The normalized spacial score (nSPS) is 10.3. The molecule has 0 aromatic heterocycles. The van der Waals surface area contributed by atoms with Gasteiger partial charge in [0.2, 0.25) is 0 Å². The number of carbonyl (C=O) groups excluding carboxylic acids is 2. The van der Waals surface area contributed by atoms with Crippen LogP contribution in [0, 0.1) is 0 Å². The molecule has 0 bridgehead atoms. The van der Waals surface area contributed by atoms with E-state index in [2.05, 4.69) is 5.32 Å². The summed E-state index contributed by atoms with van der Waals surface area (Å²) in [6.45, 7) is -0.274. The minimum Gasteiger partial charge on any atom is -0.482 e. The van der Waals surface area contributed by atoms with Gasteiger partial charge in [-0.3, -0.25) is 9.59 Å². The second kappa shape index (κ2) is 8.43. The maximum atomic E-state index is 12.0. The van der Waals surface area contributed by atoms with Crippen molar-refractivity contribution in [3.63, 3.8) is 0 Å². The van der Waals surface area contributed by atoms with Crippen LogP contribution in [0.2, 0.25) is 15.1 Å². The number of nitrogens with zero attached hydrogens (tertiary/aromatic N) is 1. The number of amides is 2. The third-order valence-electron chi connectivity index (χ3n) is 3.13. The first kappa shape index (κ1) is 19.4. The van der Waals surface area contributed by atoms with Crippen molar-refractivity contribution in [2.75, 3.05) is 26.0 Å². The lowest BCUT2D eigenvalue weighted by Gasteiger charge is -2.12. The number of halogens is 3. The van der Waals surface area contributed by atoms with Crippen molar-refractivity contribution in [2.24, 2.45) is 0 Å². The highest BCUT2D eigenvalue weighted by Gasteiger charge is 2.12. The molecule has 0 saturated carbocycles. The van der Waals surface area contributed by atoms with Crippen LogP contribution in [0.15, 0.2) is 36.4 Å². The number of rotatable bonds is 5. The fourth-order valence-corrected chi connectivity index (χ4v) is 2.53. The lowest BCUT2D eigenvalue weighted by atomic mass is 10.2. The van der Waals surface area contributed by atoms with E-state index < -0.39 is 5.91 Å². The van der Waals surface area contributed by atoms with Crippen LogP contribution in [0.5, 0.6) is 5.75 Å². The van der Waals surface area contributed by atoms with E-state index in [1.807, 2.05) is 0 Å². The number of ether oxygens (including phenoxy) is 1. The van der Waals surface area contributed by atoms with Gasteiger partial charge in [0.15, 0.2) is 6.61 Å². The van der Waals surface area contributed by atoms with Crippen molar-refractivity contribution in [1.29, 1.82) is 0 Å². The van der Waals surface area contributed by atoms with Gasteiger partial charge in [0, 0.05) is 31.4 Å². The molecule has 132 valence electrons. The molecule has 0 radical (unpaired) electrons. The molecule has 2 aromatic carbocycles. The van der Waals surface area contributed by atoms with Crippen LogP contribution in [-0.2, 0) is 4.79 Å². The van der Waals surface area contributed by atoms with E-state index in [1.54, 1.807) is 38.4 Å². The molecule has 8 heteroatoms. The van der Waals surface area contributed by atoms with Gasteiger partial charge >= 0.3 is 0 Å². The van der Waals surface area contributed by atoms with Crippen molar-refractivity contribution in [3.05, 3.63) is 57.0 Å². The van der Waals surface area contributed by atoms with E-state index in [0.717, 1.165) is 0 Å². The van der Waals surface area contributed by atoms with Crippen LogP contribution in [0.25, 0.3) is 0 Å². The highest BCUT2D eigenvalue weighted by atomic mass is 35.5. The fourth-order valence-electron chi connectivity index (χ4n) is 1.94. The molecule has 25 heavy (non-hydrogen) atoms. The molecule has 2 aromatic rings. The summed E-state index contributed by atoms with van der Waals surface area (Å²) in [5.41, 5.74) is 0.956. The zero-order chi connectivity index (χ0) is 18.6. The maximum absolute atomic E-state index is 12.0. The van der Waals surface area contributed by atoms with Crippen molar-refractivity contribution < 1.29 is 14.3 Å². The van der Waals surface area contributed by atoms with E-state index in [1.165, 1.54) is 17.0 Å². The van der Waals surface area contributed by atoms with Crippen molar-refractivity contribution in [2.45, 2.75) is 0 Å². The van der Waals surface area contributed by atoms with Gasteiger partial charge in [-0.25, -0.2) is 0 Å². The first-order valence-corrected chi connectivity index (χ1v) is 8.30. The second-order valence-electron chi connectivity index (χ2n) is 5.31. The monoisotopic (exact) mass is 400 g/mol. The molecule has 0 fully saturated rings. The van der Waals surface area contributed by atoms with E-state index >= 15 is 0 Å². The molecule has 0 aliphatic heterocycles. The molecular formula is C17H15Cl3N2O3. The summed E-state index contributed by atoms with van der Waals surface area (Å²) in [5.74, 6) is -0.311. The molecule has 0 spiro atoms. The highest BCUT2D eigenvalue weighted by molar-refractivity contribution is 6.43. The number of nitrogens with one attached hydrogen (secondary N) is 1. The predicted molar refractivity (Wildman–Crippen MR) is 100 cm³/mol. The Morgan fingerprint density at radius 1 is 1.04 bits per heavy atom. The first-order valence-electron chi connectivity index (χ1n) is 7.17. The minimum atomic E-state index is -0.406. The number of benzene rings is 2. The van der Waals surface area contributed by atoms with Gasteiger partial charge < -0.3 is 15.0 Å². The summed E-state index contributed by atoms with van der Waals surface area (Å²) in [7, 11) is 3.31. The second-order valence-corrected chi connectivity index (χ2v) is 6.54. The van der Waals surface area contributed by atoms with Gasteiger partial charge in [0.1, 0.15) is 5.75 Å². The molecule has 1 N–H and O–H groups in total. The van der Waals surface area contributed by atoms with E-state index in [9.17, 15) is 9.59 Å². The Balaban J connectivity index is 2.00. The lowest BCUT2D eigenvalue weighted by molar-refractivity contribution is -0.118. The molecule has 2 rings (SSSR count). The van der Waals surface area contributed by atoms with Crippen LogP contribution < -0.4 is 10.1 Å². The minimum absolute atomic E-state index is 0.157. The number of hydrogen-bond donors (Lipinski definition) is 1. The molecule has 0 saturated heterocycles. The Kier molecular flexibility index (Phi) is 6.53. The quantitative estimate of drug-likeness (QED) is 0.757. The number of carbonyl (C=O) groups is 2. The van der Waals surface area contributed by atoms with E-state index in [-0.39, 0.29) is 28.3 Å². The maximum Gasteiger partial charge on any atom is 0.262 e. The molecule has 0 atom stereocenters. The van der Waals surface area contributed by atoms with E-state index in [0.29, 0.717) is 16.3 Å². The van der Waals surface area contributed by atoms with Gasteiger partial charge in [-0.1, -0.05) is 40.9 Å². The molecule has 2 amide bonds. The van der Waals surface area contributed by atoms with Gasteiger partial charge in [-0.05, 0) is 24.3 Å². The summed E-state index contributed by atoms with van der Waals surface area (Å²) >= 11 is 17.7. The van der Waals surface area contributed by atoms with Crippen LogP contribution >= 0.6 is 34.8 Å². The SMILES string of the molecule is CN(C)C(=O)c1cccc(NC(=O)COc2cc(Cl)c(Cl)cc2Cl)c1. The summed E-state index contributed by atoms with van der Waals surface area (Å²) in [4.78, 5) is 25.4. The van der Waals surface area contributed by atoms with Crippen molar-refractivity contribution in [3.8, 4) is 5.75 Å². The lowest BCUT2D eigenvalue weighted by Crippen LogP contribution is -2.23. The largest absolute Gasteiger partial charge is 0.482 e. The Hall–Kier alpha value is -1.95. The summed E-state index contributed by atoms with van der Waals surface area (Å²) in [6, 6.07) is 9.50. The smallest absolute Gasteiger partial charge is 0.262 e. The Morgan fingerprint density at radius 3 is 2.40 bits per heavy atom. The van der Waals surface area contributed by atoms with Gasteiger partial charge in [-0.2, -0.15) is 0 Å².